The van der Waals surface area contributed by atoms with Gasteiger partial charge in [-0.25, -0.2) is 13.1 Å². The monoisotopic (exact) mass is 333 g/mol. The van der Waals surface area contributed by atoms with Gasteiger partial charge in [0.2, 0.25) is 10.0 Å². The van der Waals surface area contributed by atoms with E-state index in [1.807, 2.05) is 24.7 Å². The van der Waals surface area contributed by atoms with E-state index in [0.717, 1.165) is 25.2 Å². The van der Waals surface area contributed by atoms with Crippen LogP contribution in [0.5, 0.6) is 0 Å². The van der Waals surface area contributed by atoms with E-state index in [-0.39, 0.29) is 0 Å². The first-order valence-electron chi connectivity index (χ1n) is 7.36. The van der Waals surface area contributed by atoms with Gasteiger partial charge >= 0.3 is 0 Å². The van der Waals surface area contributed by atoms with E-state index in [4.69, 9.17) is 0 Å². The van der Waals surface area contributed by atoms with Crippen molar-refractivity contribution in [1.82, 2.24) is 14.6 Å². The van der Waals surface area contributed by atoms with E-state index < -0.39 is 10.0 Å². The van der Waals surface area contributed by atoms with Crippen LogP contribution in [-0.4, -0.2) is 37.6 Å². The van der Waals surface area contributed by atoms with Crippen molar-refractivity contribution < 1.29 is 8.42 Å². The van der Waals surface area contributed by atoms with Gasteiger partial charge in [0.1, 0.15) is 0 Å². The third-order valence-electron chi connectivity index (χ3n) is 3.41. The van der Waals surface area contributed by atoms with Crippen LogP contribution in [-0.2, 0) is 23.1 Å². The van der Waals surface area contributed by atoms with E-state index in [1.54, 1.807) is 24.0 Å². The Labute approximate surface area is 132 Å². The average molecular weight is 334 g/mol. The number of nitrogens with one attached hydrogen (secondary N) is 2. The van der Waals surface area contributed by atoms with Crippen LogP contribution in [0.4, 0.5) is 0 Å². The second kappa shape index (κ2) is 8.82. The number of rotatable bonds is 10. The molecule has 1 unspecified atom stereocenters. The normalized spacial score (nSPS) is 13.5. The highest BCUT2D eigenvalue weighted by Crippen LogP contribution is 2.15. The molecule has 21 heavy (non-hydrogen) atoms. The molecule has 0 radical (unpaired) electrons. The third-order valence-corrected chi connectivity index (χ3v) is 5.88. The highest BCUT2D eigenvalue weighted by atomic mass is 32.2. The zero-order valence-corrected chi connectivity index (χ0v) is 15.0. The molecular weight excluding hydrogens is 306 g/mol. The predicted molar refractivity (Wildman–Crippen MR) is 90.3 cm³/mol. The molecule has 5 nitrogen and oxygen atoms in total. The summed E-state index contributed by atoms with van der Waals surface area (Å²) in [5.41, 5.74) is 0.997. The van der Waals surface area contributed by atoms with Gasteiger partial charge in [0.25, 0.3) is 0 Å². The van der Waals surface area contributed by atoms with Gasteiger partial charge in [-0.3, -0.25) is 0 Å². The zero-order valence-electron chi connectivity index (χ0n) is 13.3. The van der Waals surface area contributed by atoms with Crippen molar-refractivity contribution in [3.8, 4) is 0 Å². The summed E-state index contributed by atoms with van der Waals surface area (Å²) in [5.74, 6) is 0. The van der Waals surface area contributed by atoms with Gasteiger partial charge in [-0.15, -0.1) is 0 Å². The summed E-state index contributed by atoms with van der Waals surface area (Å²) in [6.45, 7) is 8.93. The molecule has 1 aromatic rings. The molecule has 1 atom stereocenters. The second-order valence-corrected chi connectivity index (χ2v) is 8.01. The van der Waals surface area contributed by atoms with Gasteiger partial charge in [-0.1, -0.05) is 13.8 Å². The van der Waals surface area contributed by atoms with Gasteiger partial charge in [0, 0.05) is 36.8 Å². The Balaban J connectivity index is 2.76. The minimum Gasteiger partial charge on any atom is -0.349 e. The van der Waals surface area contributed by atoms with Crippen LogP contribution < -0.4 is 10.0 Å². The molecule has 0 aliphatic carbocycles. The first kappa shape index (κ1) is 18.5. The van der Waals surface area contributed by atoms with Gasteiger partial charge in [-0.2, -0.15) is 11.8 Å². The topological polar surface area (TPSA) is 63.1 Å². The summed E-state index contributed by atoms with van der Waals surface area (Å²) in [6.07, 6.45) is 4.58. The van der Waals surface area contributed by atoms with Gasteiger partial charge in [-0.05, 0) is 32.2 Å². The number of nitrogens with zero attached hydrogens (tertiary/aromatic N) is 1. The van der Waals surface area contributed by atoms with Gasteiger partial charge < -0.3 is 9.88 Å². The lowest BCUT2D eigenvalue weighted by Gasteiger charge is -2.08. The van der Waals surface area contributed by atoms with Crippen LogP contribution >= 0.6 is 11.8 Å². The fourth-order valence-electron chi connectivity index (χ4n) is 1.97. The van der Waals surface area contributed by atoms with Crippen molar-refractivity contribution in [2.75, 3.05) is 19.3 Å². The molecule has 0 saturated carbocycles. The largest absolute Gasteiger partial charge is 0.349 e. The summed E-state index contributed by atoms with van der Waals surface area (Å²) < 4.78 is 29.3. The van der Waals surface area contributed by atoms with Crippen LogP contribution in [0, 0.1) is 0 Å². The molecule has 0 spiro atoms. The van der Waals surface area contributed by atoms with E-state index in [2.05, 4.69) is 17.0 Å². The molecule has 2 N–H and O–H groups in total. The molecule has 0 amide bonds. The lowest BCUT2D eigenvalue weighted by Crippen LogP contribution is -2.26. The highest BCUT2D eigenvalue weighted by molar-refractivity contribution is 7.99. The van der Waals surface area contributed by atoms with Crippen LogP contribution in [0.3, 0.4) is 0 Å². The number of thioether (sulfide) groups is 1. The molecule has 0 fully saturated rings. The van der Waals surface area contributed by atoms with Crippen molar-refractivity contribution in [3.63, 3.8) is 0 Å². The number of hydrogen-bond donors (Lipinski definition) is 2. The van der Waals surface area contributed by atoms with E-state index in [1.165, 1.54) is 0 Å². The SMILES string of the molecule is CCNCc1cc(S(=O)(=O)NCCC(C)SC)cn1CC. The Morgan fingerprint density at radius 2 is 2.10 bits per heavy atom. The lowest BCUT2D eigenvalue weighted by molar-refractivity contribution is 0.578. The van der Waals surface area contributed by atoms with Crippen molar-refractivity contribution in [1.29, 1.82) is 0 Å². The lowest BCUT2D eigenvalue weighted by atomic mass is 10.3. The first-order valence-corrected chi connectivity index (χ1v) is 10.1. The van der Waals surface area contributed by atoms with Crippen LogP contribution in [0.2, 0.25) is 0 Å². The van der Waals surface area contributed by atoms with Crippen molar-refractivity contribution in [3.05, 3.63) is 18.0 Å². The first-order chi connectivity index (χ1) is 9.94. The fraction of sp³-hybridized carbons (Fsp3) is 0.714. The Kier molecular flexibility index (Phi) is 7.79. The number of sulfonamides is 1. The van der Waals surface area contributed by atoms with Crippen LogP contribution in [0.1, 0.15) is 32.9 Å². The molecular formula is C14H27N3O2S2. The molecule has 0 bridgehead atoms. The summed E-state index contributed by atoms with van der Waals surface area (Å²) >= 11 is 1.74. The summed E-state index contributed by atoms with van der Waals surface area (Å²) in [5, 5.41) is 3.69. The Morgan fingerprint density at radius 3 is 2.67 bits per heavy atom. The molecule has 122 valence electrons. The number of aromatic nitrogens is 1. The number of aryl methyl sites for hydroxylation is 1. The molecule has 1 heterocycles. The van der Waals surface area contributed by atoms with Crippen molar-refractivity contribution in [2.45, 2.75) is 50.4 Å². The van der Waals surface area contributed by atoms with E-state index >= 15 is 0 Å². The molecule has 0 aliphatic rings. The standard InChI is InChI=1S/C14H27N3O2S2/c1-5-15-10-13-9-14(11-17(13)6-2)21(18,19)16-8-7-12(3)20-4/h9,11-12,15-16H,5-8,10H2,1-4H3. The van der Waals surface area contributed by atoms with E-state index in [0.29, 0.717) is 23.2 Å². The van der Waals surface area contributed by atoms with Crippen LogP contribution in [0.25, 0.3) is 0 Å². The summed E-state index contributed by atoms with van der Waals surface area (Å²) in [6, 6.07) is 1.76. The van der Waals surface area contributed by atoms with Crippen molar-refractivity contribution >= 4 is 21.8 Å². The van der Waals surface area contributed by atoms with Crippen molar-refractivity contribution in [2.24, 2.45) is 0 Å². The molecule has 0 saturated heterocycles. The molecule has 0 aliphatic heterocycles. The maximum atomic E-state index is 12.3. The molecule has 7 heteroatoms. The van der Waals surface area contributed by atoms with Gasteiger partial charge in [0.15, 0.2) is 0 Å². The number of hydrogen-bond acceptors (Lipinski definition) is 4. The Bertz CT molecular complexity index is 526. The van der Waals surface area contributed by atoms with Crippen LogP contribution in [0.15, 0.2) is 17.2 Å². The zero-order chi connectivity index (χ0) is 15.9. The minimum atomic E-state index is -3.41. The molecule has 1 rings (SSSR count). The maximum absolute atomic E-state index is 12.3. The third kappa shape index (κ3) is 5.65. The smallest absolute Gasteiger partial charge is 0.242 e. The highest BCUT2D eigenvalue weighted by Gasteiger charge is 2.17. The summed E-state index contributed by atoms with van der Waals surface area (Å²) in [4.78, 5) is 0.356. The maximum Gasteiger partial charge on any atom is 0.242 e. The quantitative estimate of drug-likeness (QED) is 0.688. The second-order valence-electron chi connectivity index (χ2n) is 4.97. The predicted octanol–water partition coefficient (Wildman–Crippen LogP) is 2.04. The Hall–Kier alpha value is -0.500. The average Bonchev–Trinajstić information content (AvgIpc) is 2.88. The molecule has 0 aromatic carbocycles. The van der Waals surface area contributed by atoms with E-state index in [9.17, 15) is 8.42 Å². The summed E-state index contributed by atoms with van der Waals surface area (Å²) in [7, 11) is -3.41. The van der Waals surface area contributed by atoms with Gasteiger partial charge in [0.05, 0.1) is 4.90 Å². The Morgan fingerprint density at radius 1 is 1.38 bits per heavy atom. The minimum absolute atomic E-state index is 0.356. The fourth-order valence-corrected chi connectivity index (χ4v) is 3.43. The molecule has 1 aromatic heterocycles.